The van der Waals surface area contributed by atoms with Crippen LogP contribution in [-0.4, -0.2) is 15.9 Å². The molecule has 0 fully saturated rings. The number of rotatable bonds is 2. The fraction of sp³-hybridized carbons (Fsp3) is 0.167. The molecule has 0 radical (unpaired) electrons. The molecular formula is C12H11NO2. The van der Waals surface area contributed by atoms with Gasteiger partial charge in [-0.15, -0.1) is 0 Å². The van der Waals surface area contributed by atoms with Crippen LogP contribution in [0.2, 0.25) is 0 Å². The van der Waals surface area contributed by atoms with E-state index in [2.05, 4.69) is 4.98 Å². The molecule has 15 heavy (non-hydrogen) atoms. The first-order valence-corrected chi connectivity index (χ1v) is 4.72. The number of aromatic nitrogens is 1. The lowest BCUT2D eigenvalue weighted by molar-refractivity contribution is -0.125. The highest BCUT2D eigenvalue weighted by molar-refractivity contribution is 5.83. The van der Waals surface area contributed by atoms with Crippen LogP contribution in [0.5, 0.6) is 0 Å². The van der Waals surface area contributed by atoms with Crippen LogP contribution in [0.25, 0.3) is 10.9 Å². The summed E-state index contributed by atoms with van der Waals surface area (Å²) in [6, 6.07) is 11.1. The van der Waals surface area contributed by atoms with Gasteiger partial charge in [-0.1, -0.05) is 24.3 Å². The zero-order chi connectivity index (χ0) is 10.8. The highest BCUT2D eigenvalue weighted by atomic mass is 16.3. The van der Waals surface area contributed by atoms with E-state index in [-0.39, 0.29) is 5.78 Å². The average molecular weight is 201 g/mol. The zero-order valence-electron chi connectivity index (χ0n) is 8.34. The molecule has 1 unspecified atom stereocenters. The Morgan fingerprint density at radius 3 is 2.73 bits per heavy atom. The van der Waals surface area contributed by atoms with E-state index in [4.69, 9.17) is 0 Å². The number of hydrogen-bond donors (Lipinski definition) is 1. The van der Waals surface area contributed by atoms with Gasteiger partial charge in [-0.3, -0.25) is 4.79 Å². The minimum absolute atomic E-state index is 0.294. The molecule has 1 heterocycles. The zero-order valence-corrected chi connectivity index (χ0v) is 8.34. The van der Waals surface area contributed by atoms with Gasteiger partial charge in [-0.05, 0) is 19.1 Å². The van der Waals surface area contributed by atoms with Crippen LogP contribution in [0.4, 0.5) is 0 Å². The average Bonchev–Trinajstić information content (AvgIpc) is 2.27. The largest absolute Gasteiger partial charge is 0.379 e. The van der Waals surface area contributed by atoms with Crippen LogP contribution in [0.15, 0.2) is 36.4 Å². The molecule has 1 atom stereocenters. The summed E-state index contributed by atoms with van der Waals surface area (Å²) >= 11 is 0. The van der Waals surface area contributed by atoms with Crippen molar-refractivity contribution in [1.82, 2.24) is 4.98 Å². The topological polar surface area (TPSA) is 50.2 Å². The molecule has 2 rings (SSSR count). The van der Waals surface area contributed by atoms with E-state index in [0.29, 0.717) is 5.69 Å². The highest BCUT2D eigenvalue weighted by Gasteiger charge is 2.13. The van der Waals surface area contributed by atoms with Crippen LogP contribution < -0.4 is 0 Å². The third-order valence-corrected chi connectivity index (χ3v) is 2.29. The van der Waals surface area contributed by atoms with Crippen LogP contribution >= 0.6 is 0 Å². The third kappa shape index (κ3) is 1.87. The summed E-state index contributed by atoms with van der Waals surface area (Å²) in [5.74, 6) is -0.294. The van der Waals surface area contributed by atoms with E-state index in [1.54, 1.807) is 6.07 Å². The monoisotopic (exact) mass is 201 g/mol. The molecule has 3 nitrogen and oxygen atoms in total. The molecule has 0 saturated heterocycles. The third-order valence-electron chi connectivity index (χ3n) is 2.29. The lowest BCUT2D eigenvalue weighted by Gasteiger charge is -2.06. The van der Waals surface area contributed by atoms with E-state index in [0.717, 1.165) is 10.9 Å². The minimum atomic E-state index is -1.12. The fourth-order valence-electron chi connectivity index (χ4n) is 1.44. The van der Waals surface area contributed by atoms with Crippen LogP contribution in [0.1, 0.15) is 18.7 Å². The highest BCUT2D eigenvalue weighted by Crippen LogP contribution is 2.16. The van der Waals surface area contributed by atoms with Gasteiger partial charge in [-0.25, -0.2) is 4.98 Å². The van der Waals surface area contributed by atoms with Crippen molar-refractivity contribution in [3.63, 3.8) is 0 Å². The maximum Gasteiger partial charge on any atom is 0.164 e. The van der Waals surface area contributed by atoms with Gasteiger partial charge >= 0.3 is 0 Å². The Morgan fingerprint density at radius 2 is 2.00 bits per heavy atom. The molecule has 0 bridgehead atoms. The maximum absolute atomic E-state index is 11.0. The second-order valence-electron chi connectivity index (χ2n) is 3.44. The molecular weight excluding hydrogens is 190 g/mol. The lowest BCUT2D eigenvalue weighted by Crippen LogP contribution is -2.09. The molecule has 0 aliphatic rings. The first-order valence-electron chi connectivity index (χ1n) is 4.72. The molecule has 0 amide bonds. The standard InChI is InChI=1S/C12H11NO2/c1-8(14)12(15)11-7-6-9-4-2-3-5-10(9)13-11/h2-7,12,15H,1H3. The van der Waals surface area contributed by atoms with E-state index in [1.165, 1.54) is 6.92 Å². The smallest absolute Gasteiger partial charge is 0.164 e. The Labute approximate surface area is 87.4 Å². The summed E-state index contributed by atoms with van der Waals surface area (Å²) in [6.45, 7) is 1.35. The number of carbonyl (C=O) groups excluding carboxylic acids is 1. The second-order valence-corrected chi connectivity index (χ2v) is 3.44. The predicted octanol–water partition coefficient (Wildman–Crippen LogP) is 1.86. The Morgan fingerprint density at radius 1 is 1.27 bits per heavy atom. The van der Waals surface area contributed by atoms with Crippen LogP contribution in [0.3, 0.4) is 0 Å². The van der Waals surface area contributed by atoms with Crippen molar-refractivity contribution in [1.29, 1.82) is 0 Å². The van der Waals surface area contributed by atoms with Gasteiger partial charge in [0, 0.05) is 5.39 Å². The van der Waals surface area contributed by atoms with Gasteiger partial charge in [0.05, 0.1) is 11.2 Å². The van der Waals surface area contributed by atoms with Crippen molar-refractivity contribution in [2.75, 3.05) is 0 Å². The van der Waals surface area contributed by atoms with Gasteiger partial charge in [0.15, 0.2) is 11.9 Å². The van der Waals surface area contributed by atoms with Crippen molar-refractivity contribution >= 4 is 16.7 Å². The number of nitrogens with zero attached hydrogens (tertiary/aromatic N) is 1. The van der Waals surface area contributed by atoms with E-state index in [1.807, 2.05) is 30.3 Å². The molecule has 1 aromatic heterocycles. The number of aliphatic hydroxyl groups is 1. The van der Waals surface area contributed by atoms with Crippen LogP contribution in [-0.2, 0) is 4.79 Å². The number of hydrogen-bond acceptors (Lipinski definition) is 3. The van der Waals surface area contributed by atoms with E-state index >= 15 is 0 Å². The van der Waals surface area contributed by atoms with E-state index in [9.17, 15) is 9.90 Å². The van der Waals surface area contributed by atoms with E-state index < -0.39 is 6.10 Å². The molecule has 0 aliphatic heterocycles. The molecule has 1 aromatic carbocycles. The lowest BCUT2D eigenvalue weighted by atomic mass is 10.1. The molecule has 3 heteroatoms. The first kappa shape index (κ1) is 9.80. The Kier molecular flexibility index (Phi) is 2.47. The predicted molar refractivity (Wildman–Crippen MR) is 57.4 cm³/mol. The molecule has 2 aromatic rings. The molecule has 0 spiro atoms. The van der Waals surface area contributed by atoms with Gasteiger partial charge in [-0.2, -0.15) is 0 Å². The SMILES string of the molecule is CC(=O)C(O)c1ccc2ccccc2n1. The van der Waals surface area contributed by atoms with Crippen molar-refractivity contribution in [2.45, 2.75) is 13.0 Å². The summed E-state index contributed by atoms with van der Waals surface area (Å²) in [5.41, 5.74) is 1.19. The van der Waals surface area contributed by atoms with Crippen molar-refractivity contribution in [2.24, 2.45) is 0 Å². The summed E-state index contributed by atoms with van der Waals surface area (Å²) in [6.07, 6.45) is -1.12. The first-order chi connectivity index (χ1) is 7.18. The summed E-state index contributed by atoms with van der Waals surface area (Å²) in [5, 5.41) is 10.5. The minimum Gasteiger partial charge on any atom is -0.379 e. The fourth-order valence-corrected chi connectivity index (χ4v) is 1.44. The molecule has 0 saturated carbocycles. The molecule has 76 valence electrons. The second kappa shape index (κ2) is 3.79. The molecule has 1 N–H and O–H groups in total. The number of Topliss-reactive ketones (excluding diaryl/α,β-unsaturated/α-hetero) is 1. The number of fused-ring (bicyclic) bond motifs is 1. The number of ketones is 1. The summed E-state index contributed by atoms with van der Waals surface area (Å²) in [4.78, 5) is 15.2. The summed E-state index contributed by atoms with van der Waals surface area (Å²) in [7, 11) is 0. The van der Waals surface area contributed by atoms with Crippen LogP contribution in [0, 0.1) is 0 Å². The van der Waals surface area contributed by atoms with Crippen molar-refractivity contribution < 1.29 is 9.90 Å². The van der Waals surface area contributed by atoms with Gasteiger partial charge in [0.25, 0.3) is 0 Å². The van der Waals surface area contributed by atoms with Gasteiger partial charge in [0.1, 0.15) is 0 Å². The normalized spacial score (nSPS) is 12.7. The van der Waals surface area contributed by atoms with Crippen molar-refractivity contribution in [3.05, 3.63) is 42.1 Å². The Hall–Kier alpha value is -1.74. The molecule has 0 aliphatic carbocycles. The quantitative estimate of drug-likeness (QED) is 0.806. The number of benzene rings is 1. The number of aliphatic hydroxyl groups excluding tert-OH is 1. The number of pyridine rings is 1. The van der Waals surface area contributed by atoms with Gasteiger partial charge < -0.3 is 5.11 Å². The number of carbonyl (C=O) groups is 1. The Balaban J connectivity index is 2.51. The van der Waals surface area contributed by atoms with Crippen molar-refractivity contribution in [3.8, 4) is 0 Å². The summed E-state index contributed by atoms with van der Waals surface area (Å²) < 4.78 is 0. The van der Waals surface area contributed by atoms with Gasteiger partial charge in [0.2, 0.25) is 0 Å². The number of para-hydroxylation sites is 1. The maximum atomic E-state index is 11.0. The Bertz CT molecular complexity index is 508.